The van der Waals surface area contributed by atoms with Crippen LogP contribution in [-0.2, 0) is 4.74 Å². The van der Waals surface area contributed by atoms with Crippen molar-refractivity contribution < 1.29 is 4.74 Å². The third kappa shape index (κ3) is 4.58. The average Bonchev–Trinajstić information content (AvgIpc) is 2.98. The van der Waals surface area contributed by atoms with E-state index in [0.717, 1.165) is 38.5 Å². The van der Waals surface area contributed by atoms with Gasteiger partial charge in [0.2, 0.25) is 0 Å². The second kappa shape index (κ2) is 7.76. The lowest BCUT2D eigenvalue weighted by Gasteiger charge is -2.36. The monoisotopic (exact) mass is 280 g/mol. The fraction of sp³-hybridized carbons (Fsp3) is 0.800. The van der Waals surface area contributed by atoms with Gasteiger partial charge in [0.05, 0.1) is 18.9 Å². The average molecular weight is 280 g/mol. The molecule has 1 aromatic rings. The van der Waals surface area contributed by atoms with Crippen LogP contribution in [0.15, 0.2) is 12.3 Å². The van der Waals surface area contributed by atoms with Crippen LogP contribution in [0.2, 0.25) is 0 Å². The Morgan fingerprint density at radius 1 is 1.35 bits per heavy atom. The predicted octanol–water partition coefficient (Wildman–Crippen LogP) is 1.81. The Kier molecular flexibility index (Phi) is 6.01. The van der Waals surface area contributed by atoms with Gasteiger partial charge in [-0.3, -0.25) is 10.00 Å². The molecular formula is C15H28N4O. The summed E-state index contributed by atoms with van der Waals surface area (Å²) in [7, 11) is 0. The number of nitrogens with one attached hydrogen (secondary N) is 2. The van der Waals surface area contributed by atoms with Crippen molar-refractivity contribution in [3.8, 4) is 0 Å². The molecule has 0 amide bonds. The topological polar surface area (TPSA) is 53.2 Å². The Morgan fingerprint density at radius 3 is 2.70 bits per heavy atom. The van der Waals surface area contributed by atoms with Crippen LogP contribution < -0.4 is 5.32 Å². The number of hydrogen-bond donors (Lipinski definition) is 2. The fourth-order valence-corrected chi connectivity index (χ4v) is 2.78. The Hall–Kier alpha value is -0.910. The summed E-state index contributed by atoms with van der Waals surface area (Å²) in [6.07, 6.45) is 3.03. The molecule has 1 aliphatic heterocycles. The van der Waals surface area contributed by atoms with Gasteiger partial charge in [-0.25, -0.2) is 0 Å². The molecule has 1 aliphatic rings. The lowest BCUT2D eigenvalue weighted by atomic mass is 10.0. The second-order valence-corrected chi connectivity index (χ2v) is 6.07. The van der Waals surface area contributed by atoms with Gasteiger partial charge in [0.1, 0.15) is 0 Å². The minimum Gasteiger partial charge on any atom is -0.379 e. The number of rotatable bonds is 7. The molecule has 5 nitrogen and oxygen atoms in total. The van der Waals surface area contributed by atoms with Crippen molar-refractivity contribution in [2.75, 3.05) is 32.8 Å². The van der Waals surface area contributed by atoms with E-state index in [1.54, 1.807) is 6.20 Å². The quantitative estimate of drug-likeness (QED) is 0.800. The standard InChI is InChI=1S/C15H28N4O/c1-12(2)10-14(19-6-8-20-9-7-19)11-16-13(3)15-4-5-17-18-15/h4-5,12-14,16H,6-11H2,1-3H3,(H,17,18). The summed E-state index contributed by atoms with van der Waals surface area (Å²) in [5, 5.41) is 10.7. The van der Waals surface area contributed by atoms with E-state index in [-0.39, 0.29) is 0 Å². The van der Waals surface area contributed by atoms with Crippen LogP contribution in [0.1, 0.15) is 38.9 Å². The van der Waals surface area contributed by atoms with Gasteiger partial charge in [0.15, 0.2) is 0 Å². The maximum atomic E-state index is 5.46. The number of hydrogen-bond acceptors (Lipinski definition) is 4. The van der Waals surface area contributed by atoms with Crippen LogP contribution in [0.3, 0.4) is 0 Å². The van der Waals surface area contributed by atoms with Crippen LogP contribution in [-0.4, -0.2) is 54.0 Å². The summed E-state index contributed by atoms with van der Waals surface area (Å²) in [4.78, 5) is 2.57. The molecule has 2 unspecified atom stereocenters. The third-order valence-electron chi connectivity index (χ3n) is 3.95. The molecule has 0 saturated carbocycles. The smallest absolute Gasteiger partial charge is 0.0594 e. The van der Waals surface area contributed by atoms with Crippen molar-refractivity contribution in [2.45, 2.75) is 39.3 Å². The summed E-state index contributed by atoms with van der Waals surface area (Å²) in [5.41, 5.74) is 1.15. The third-order valence-corrected chi connectivity index (χ3v) is 3.95. The molecule has 2 rings (SSSR count). The fourth-order valence-electron chi connectivity index (χ4n) is 2.78. The first-order valence-corrected chi connectivity index (χ1v) is 7.71. The van der Waals surface area contributed by atoms with Gasteiger partial charge < -0.3 is 10.1 Å². The minimum atomic E-state index is 0.313. The van der Waals surface area contributed by atoms with Gasteiger partial charge in [-0.15, -0.1) is 0 Å². The Morgan fingerprint density at radius 2 is 2.10 bits per heavy atom. The molecule has 0 radical (unpaired) electrons. The van der Waals surface area contributed by atoms with Crippen LogP contribution in [0.4, 0.5) is 0 Å². The highest BCUT2D eigenvalue weighted by Crippen LogP contribution is 2.15. The Balaban J connectivity index is 1.86. The molecule has 1 aromatic heterocycles. The van der Waals surface area contributed by atoms with Gasteiger partial charge in [-0.1, -0.05) is 13.8 Å². The summed E-state index contributed by atoms with van der Waals surface area (Å²) in [6, 6.07) is 2.93. The zero-order valence-electron chi connectivity index (χ0n) is 12.9. The highest BCUT2D eigenvalue weighted by atomic mass is 16.5. The molecule has 0 aliphatic carbocycles. The molecule has 2 N–H and O–H groups in total. The first-order valence-electron chi connectivity index (χ1n) is 7.71. The molecule has 2 heterocycles. The molecule has 1 fully saturated rings. The molecule has 0 spiro atoms. The lowest BCUT2D eigenvalue weighted by molar-refractivity contribution is 0.0119. The highest BCUT2D eigenvalue weighted by Gasteiger charge is 2.22. The van der Waals surface area contributed by atoms with E-state index < -0.39 is 0 Å². The summed E-state index contributed by atoms with van der Waals surface area (Å²) >= 11 is 0. The Bertz CT molecular complexity index is 360. The molecule has 5 heteroatoms. The van der Waals surface area contributed by atoms with Gasteiger partial charge in [-0.05, 0) is 25.3 Å². The number of aromatic nitrogens is 2. The van der Waals surface area contributed by atoms with Gasteiger partial charge in [0, 0.05) is 37.9 Å². The highest BCUT2D eigenvalue weighted by molar-refractivity contribution is 5.03. The molecule has 1 saturated heterocycles. The first-order chi connectivity index (χ1) is 9.66. The van der Waals surface area contributed by atoms with Crippen LogP contribution >= 0.6 is 0 Å². The van der Waals surface area contributed by atoms with Crippen molar-refractivity contribution in [3.63, 3.8) is 0 Å². The van der Waals surface area contributed by atoms with E-state index in [1.165, 1.54) is 6.42 Å². The SMILES string of the molecule is CC(C)CC(CNC(C)c1ccn[nH]1)N1CCOCC1. The maximum absolute atomic E-state index is 5.46. The van der Waals surface area contributed by atoms with Crippen LogP contribution in [0, 0.1) is 5.92 Å². The molecule has 2 atom stereocenters. The zero-order valence-corrected chi connectivity index (χ0v) is 12.9. The van der Waals surface area contributed by atoms with E-state index in [0.29, 0.717) is 18.0 Å². The number of ether oxygens (including phenoxy) is 1. The molecule has 114 valence electrons. The number of nitrogens with zero attached hydrogens (tertiary/aromatic N) is 2. The van der Waals surface area contributed by atoms with E-state index in [4.69, 9.17) is 4.74 Å². The summed E-state index contributed by atoms with van der Waals surface area (Å²) in [6.45, 7) is 11.6. The van der Waals surface area contributed by atoms with E-state index in [9.17, 15) is 0 Å². The molecular weight excluding hydrogens is 252 g/mol. The normalized spacial score (nSPS) is 20.2. The molecule has 0 bridgehead atoms. The van der Waals surface area contributed by atoms with Crippen molar-refractivity contribution in [2.24, 2.45) is 5.92 Å². The van der Waals surface area contributed by atoms with E-state index in [1.807, 2.05) is 6.07 Å². The molecule has 0 aromatic carbocycles. The van der Waals surface area contributed by atoms with Gasteiger partial charge in [0.25, 0.3) is 0 Å². The van der Waals surface area contributed by atoms with Crippen LogP contribution in [0.5, 0.6) is 0 Å². The zero-order chi connectivity index (χ0) is 14.4. The predicted molar refractivity (Wildman–Crippen MR) is 80.6 cm³/mol. The Labute approximate surface area is 122 Å². The first kappa shape index (κ1) is 15.5. The number of H-pyrrole nitrogens is 1. The lowest BCUT2D eigenvalue weighted by Crippen LogP contribution is -2.48. The van der Waals surface area contributed by atoms with Crippen LogP contribution in [0.25, 0.3) is 0 Å². The largest absolute Gasteiger partial charge is 0.379 e. The molecule has 20 heavy (non-hydrogen) atoms. The number of aromatic amines is 1. The number of morpholine rings is 1. The second-order valence-electron chi connectivity index (χ2n) is 6.07. The summed E-state index contributed by atoms with van der Waals surface area (Å²) < 4.78 is 5.46. The van der Waals surface area contributed by atoms with Gasteiger partial charge >= 0.3 is 0 Å². The minimum absolute atomic E-state index is 0.313. The summed E-state index contributed by atoms with van der Waals surface area (Å²) in [5.74, 6) is 0.715. The van der Waals surface area contributed by atoms with E-state index in [2.05, 4.69) is 41.2 Å². The van der Waals surface area contributed by atoms with Crippen molar-refractivity contribution in [1.29, 1.82) is 0 Å². The van der Waals surface area contributed by atoms with Gasteiger partial charge in [-0.2, -0.15) is 5.10 Å². The van der Waals surface area contributed by atoms with E-state index >= 15 is 0 Å². The van der Waals surface area contributed by atoms with Crippen molar-refractivity contribution in [1.82, 2.24) is 20.4 Å². The van der Waals surface area contributed by atoms with Crippen molar-refractivity contribution in [3.05, 3.63) is 18.0 Å². The van der Waals surface area contributed by atoms with Crippen molar-refractivity contribution >= 4 is 0 Å². The maximum Gasteiger partial charge on any atom is 0.0594 e.